The predicted octanol–water partition coefficient (Wildman–Crippen LogP) is 6.22. The van der Waals surface area contributed by atoms with Crippen LogP contribution in [0.3, 0.4) is 0 Å². The van der Waals surface area contributed by atoms with Crippen LogP contribution in [0.1, 0.15) is 24.5 Å². The van der Waals surface area contributed by atoms with E-state index in [0.29, 0.717) is 4.08 Å². The van der Waals surface area contributed by atoms with E-state index in [1.54, 1.807) is 10.5 Å². The van der Waals surface area contributed by atoms with Gasteiger partial charge < -0.3 is 0 Å². The van der Waals surface area contributed by atoms with Crippen LogP contribution in [0.4, 0.5) is 0 Å². The Balaban J connectivity index is 2.63. The first-order chi connectivity index (χ1) is 11.0. The molecule has 1 aliphatic heterocycles. The molecular weight excluding hydrogens is 377 g/mol. The van der Waals surface area contributed by atoms with Crippen molar-refractivity contribution in [2.24, 2.45) is 0 Å². The van der Waals surface area contributed by atoms with Crippen LogP contribution in [0.5, 0.6) is 0 Å². The Morgan fingerprint density at radius 2 is 1.87 bits per heavy atom. The summed E-state index contributed by atoms with van der Waals surface area (Å²) in [6, 6.07) is 4.85. The maximum Gasteiger partial charge on any atom is 0.0731 e. The van der Waals surface area contributed by atoms with Crippen molar-refractivity contribution in [3.8, 4) is 11.8 Å². The van der Waals surface area contributed by atoms with E-state index in [1.165, 1.54) is 22.6 Å². The molecule has 5 heteroatoms. The van der Waals surface area contributed by atoms with Crippen LogP contribution in [0.2, 0.25) is 0 Å². The van der Waals surface area contributed by atoms with E-state index in [1.807, 2.05) is 35.3 Å². The molecular formula is C18H26S5. The van der Waals surface area contributed by atoms with E-state index in [-0.39, 0.29) is 0 Å². The lowest BCUT2D eigenvalue weighted by molar-refractivity contribution is 0.846. The number of fused-ring (bicyclic) bond motifs is 1. The van der Waals surface area contributed by atoms with Crippen molar-refractivity contribution in [1.29, 1.82) is 0 Å². The fourth-order valence-electron chi connectivity index (χ4n) is 2.93. The third kappa shape index (κ3) is 4.03. The molecule has 2 rings (SSSR count). The van der Waals surface area contributed by atoms with Crippen molar-refractivity contribution >= 4 is 55.1 Å². The molecule has 0 bridgehead atoms. The third-order valence-corrected chi connectivity index (χ3v) is 14.7. The second kappa shape index (κ2) is 8.27. The maximum atomic E-state index is 3.40. The second-order valence-electron chi connectivity index (χ2n) is 5.63. The molecule has 1 aromatic carbocycles. The molecule has 0 nitrogen and oxygen atoms in total. The van der Waals surface area contributed by atoms with Crippen LogP contribution in [-0.4, -0.2) is 41.1 Å². The fourth-order valence-corrected chi connectivity index (χ4v) is 12.0. The summed E-state index contributed by atoms with van der Waals surface area (Å²) < 4.78 is 0.326. The van der Waals surface area contributed by atoms with Crippen molar-refractivity contribution in [2.45, 2.75) is 33.6 Å². The zero-order valence-corrected chi connectivity index (χ0v) is 18.9. The highest BCUT2D eigenvalue weighted by Gasteiger charge is 2.42. The summed E-state index contributed by atoms with van der Waals surface area (Å²) in [6.45, 7) is 2.12. The number of benzene rings is 1. The summed E-state index contributed by atoms with van der Waals surface area (Å²) in [5.74, 6) is 7.95. The number of hydrogen-bond acceptors (Lipinski definition) is 4. The van der Waals surface area contributed by atoms with E-state index in [4.69, 9.17) is 0 Å². The summed E-state index contributed by atoms with van der Waals surface area (Å²) in [6.07, 6.45) is 13.6. The van der Waals surface area contributed by atoms with Gasteiger partial charge in [-0.2, -0.15) is 9.06 Å². The van der Waals surface area contributed by atoms with Gasteiger partial charge in [-0.05, 0) is 55.4 Å². The molecule has 0 radical (unpaired) electrons. The largest absolute Gasteiger partial charge is 0.166 e. The SMILES string of the molecule is CCC#Cc1cc2c(cc1SC)CC(SC)(SC)CS2(C)SC. The molecule has 0 N–H and O–H groups in total. The topological polar surface area (TPSA) is 0 Å². The molecule has 0 spiro atoms. The van der Waals surface area contributed by atoms with Crippen LogP contribution >= 0.6 is 55.1 Å². The van der Waals surface area contributed by atoms with Gasteiger partial charge in [-0.25, -0.2) is 0 Å². The van der Waals surface area contributed by atoms with Gasteiger partial charge in [0.05, 0.1) is 4.08 Å². The Labute approximate surface area is 160 Å². The zero-order chi connectivity index (χ0) is 17.1. The molecule has 0 saturated heterocycles. The van der Waals surface area contributed by atoms with E-state index >= 15 is 0 Å². The maximum absolute atomic E-state index is 3.40. The monoisotopic (exact) mass is 402 g/mol. The lowest BCUT2D eigenvalue weighted by Crippen LogP contribution is -2.34. The van der Waals surface area contributed by atoms with Crippen LogP contribution in [0.25, 0.3) is 0 Å². The highest BCUT2D eigenvalue weighted by Crippen LogP contribution is 2.70. The summed E-state index contributed by atoms with van der Waals surface area (Å²) in [5, 5.41) is 0. The van der Waals surface area contributed by atoms with Crippen LogP contribution < -0.4 is 0 Å². The summed E-state index contributed by atoms with van der Waals surface area (Å²) in [7, 11) is 1.23. The van der Waals surface area contributed by atoms with Gasteiger partial charge in [0.25, 0.3) is 0 Å². The molecule has 1 unspecified atom stereocenters. The van der Waals surface area contributed by atoms with Gasteiger partial charge in [0.1, 0.15) is 0 Å². The smallest absolute Gasteiger partial charge is 0.0731 e. The Kier molecular flexibility index (Phi) is 7.14. The lowest BCUT2D eigenvalue weighted by atomic mass is 10.1. The van der Waals surface area contributed by atoms with Gasteiger partial charge >= 0.3 is 0 Å². The van der Waals surface area contributed by atoms with Crippen LogP contribution in [-0.2, 0) is 6.42 Å². The summed E-state index contributed by atoms with van der Waals surface area (Å²) in [4.78, 5) is 2.92. The Morgan fingerprint density at radius 3 is 2.39 bits per heavy atom. The van der Waals surface area contributed by atoms with Gasteiger partial charge in [-0.1, -0.05) is 18.8 Å². The normalized spacial score (nSPS) is 25.0. The zero-order valence-electron chi connectivity index (χ0n) is 14.8. The highest BCUT2D eigenvalue weighted by atomic mass is 33.2. The molecule has 1 aliphatic rings. The predicted molar refractivity (Wildman–Crippen MR) is 119 cm³/mol. The van der Waals surface area contributed by atoms with Crippen molar-refractivity contribution in [3.05, 3.63) is 23.3 Å². The minimum absolute atomic E-state index is 0.326. The minimum Gasteiger partial charge on any atom is -0.166 e. The van der Waals surface area contributed by atoms with E-state index in [2.05, 4.69) is 73.0 Å². The van der Waals surface area contributed by atoms with E-state index in [0.717, 1.165) is 6.42 Å². The van der Waals surface area contributed by atoms with Crippen molar-refractivity contribution in [1.82, 2.24) is 0 Å². The second-order valence-corrected chi connectivity index (χ2v) is 15.4. The standard InChI is InChI=1S/C18H26S5/c1-7-8-9-14-11-17-15(10-16(14)19-2)12-18(20-3,21-4)13-23(17,6)22-5/h10-11H,7,12-13H2,1-6H3. The van der Waals surface area contributed by atoms with Crippen molar-refractivity contribution in [3.63, 3.8) is 0 Å². The summed E-state index contributed by atoms with van der Waals surface area (Å²) in [5.41, 5.74) is 2.78. The first-order valence-electron chi connectivity index (χ1n) is 7.59. The summed E-state index contributed by atoms with van der Waals surface area (Å²) >= 11 is 5.91. The van der Waals surface area contributed by atoms with Crippen molar-refractivity contribution in [2.75, 3.05) is 37.0 Å². The van der Waals surface area contributed by atoms with Gasteiger partial charge in [0.2, 0.25) is 0 Å². The third-order valence-electron chi connectivity index (χ3n) is 4.31. The Morgan fingerprint density at radius 1 is 1.17 bits per heavy atom. The van der Waals surface area contributed by atoms with E-state index < -0.39 is 9.06 Å². The average Bonchev–Trinajstić information content (AvgIpc) is 2.59. The Bertz CT molecular complexity index is 624. The number of hydrogen-bond donors (Lipinski definition) is 0. The molecule has 0 fully saturated rings. The molecule has 1 atom stereocenters. The molecule has 0 aromatic heterocycles. The molecule has 0 saturated carbocycles. The fraction of sp³-hybridized carbons (Fsp3) is 0.556. The van der Waals surface area contributed by atoms with Gasteiger partial charge in [0, 0.05) is 27.5 Å². The molecule has 23 heavy (non-hydrogen) atoms. The molecule has 1 heterocycles. The van der Waals surface area contributed by atoms with E-state index in [9.17, 15) is 0 Å². The van der Waals surface area contributed by atoms with Crippen LogP contribution in [0, 0.1) is 11.8 Å². The Hall–Kier alpha value is 0.530. The number of rotatable bonds is 4. The number of thioether (sulfide) groups is 3. The molecule has 128 valence electrons. The average molecular weight is 403 g/mol. The van der Waals surface area contributed by atoms with Gasteiger partial charge in [-0.3, -0.25) is 0 Å². The quantitative estimate of drug-likeness (QED) is 0.254. The molecule has 0 amide bonds. The van der Waals surface area contributed by atoms with Gasteiger partial charge in [0.15, 0.2) is 0 Å². The van der Waals surface area contributed by atoms with Crippen LogP contribution in [0.15, 0.2) is 21.9 Å². The molecule has 1 aromatic rings. The first-order valence-corrected chi connectivity index (χ1v) is 15.2. The van der Waals surface area contributed by atoms with Crippen molar-refractivity contribution < 1.29 is 0 Å². The highest BCUT2D eigenvalue weighted by molar-refractivity contribution is 8.94. The minimum atomic E-state index is -0.844. The van der Waals surface area contributed by atoms with Gasteiger partial charge in [-0.15, -0.1) is 46.1 Å². The first kappa shape index (κ1) is 19.8. The lowest BCUT2D eigenvalue weighted by Gasteiger charge is -2.48. The molecule has 0 aliphatic carbocycles.